The Morgan fingerprint density at radius 2 is 1.86 bits per heavy atom. The third-order valence-corrected chi connectivity index (χ3v) is 6.37. The summed E-state index contributed by atoms with van der Waals surface area (Å²) < 4.78 is 12.7. The fourth-order valence-electron chi connectivity index (χ4n) is 4.98. The lowest BCUT2D eigenvalue weighted by Gasteiger charge is -2.52. The van der Waals surface area contributed by atoms with Gasteiger partial charge in [0.2, 0.25) is 0 Å². The highest BCUT2D eigenvalue weighted by Gasteiger charge is 2.53. The average Bonchev–Trinajstić information content (AvgIpc) is 3.11. The Balaban J connectivity index is 1.43. The number of ether oxygens (including phenoxy) is 2. The number of fused-ring (bicyclic) bond motifs is 2. The van der Waals surface area contributed by atoms with Gasteiger partial charge in [0.25, 0.3) is 0 Å². The lowest BCUT2D eigenvalue weighted by atomic mass is 9.65. The van der Waals surface area contributed by atoms with E-state index in [-0.39, 0.29) is 11.8 Å². The van der Waals surface area contributed by atoms with Crippen molar-refractivity contribution in [2.45, 2.75) is 31.4 Å². The number of aromatic nitrogens is 2. The van der Waals surface area contributed by atoms with Crippen LogP contribution in [0.2, 0.25) is 0 Å². The van der Waals surface area contributed by atoms with Crippen LogP contribution < -0.4 is 4.74 Å². The minimum Gasteiger partial charge on any atom is -0.491 e. The van der Waals surface area contributed by atoms with E-state index in [0.29, 0.717) is 13.2 Å². The molecule has 0 spiro atoms. The van der Waals surface area contributed by atoms with Crippen molar-refractivity contribution >= 4 is 0 Å². The molecule has 0 amide bonds. The van der Waals surface area contributed by atoms with Crippen molar-refractivity contribution in [1.29, 1.82) is 0 Å². The minimum absolute atomic E-state index is 0.234. The van der Waals surface area contributed by atoms with Gasteiger partial charge in [0, 0.05) is 58.0 Å². The van der Waals surface area contributed by atoms with Crippen LogP contribution in [0.15, 0.2) is 36.7 Å². The van der Waals surface area contributed by atoms with Gasteiger partial charge in [-0.25, -0.2) is 4.98 Å². The largest absolute Gasteiger partial charge is 0.491 e. The van der Waals surface area contributed by atoms with Crippen molar-refractivity contribution in [1.82, 2.24) is 14.5 Å². The van der Waals surface area contributed by atoms with Gasteiger partial charge in [-0.1, -0.05) is 18.6 Å². The van der Waals surface area contributed by atoms with Gasteiger partial charge in [0.1, 0.15) is 23.8 Å². The number of imidazole rings is 1. The predicted molar refractivity (Wildman–Crippen MR) is 107 cm³/mol. The summed E-state index contributed by atoms with van der Waals surface area (Å²) in [5.74, 6) is 2.18. The van der Waals surface area contributed by atoms with E-state index in [0.717, 1.165) is 44.0 Å². The zero-order chi connectivity index (χ0) is 19.6. The number of aryl methyl sites for hydroxylation is 1. The van der Waals surface area contributed by atoms with E-state index in [1.165, 1.54) is 12.0 Å². The Kier molecular flexibility index (Phi) is 5.71. The van der Waals surface area contributed by atoms with Crippen molar-refractivity contribution in [2.24, 2.45) is 18.9 Å². The molecule has 1 aliphatic carbocycles. The van der Waals surface area contributed by atoms with E-state index in [1.807, 2.05) is 29.9 Å². The minimum atomic E-state index is -0.800. The zero-order valence-electron chi connectivity index (χ0n) is 16.9. The molecule has 1 aliphatic heterocycles. The van der Waals surface area contributed by atoms with Gasteiger partial charge < -0.3 is 19.1 Å². The quantitative estimate of drug-likeness (QED) is 0.743. The molecule has 1 aromatic carbocycles. The van der Waals surface area contributed by atoms with E-state index in [1.54, 1.807) is 13.3 Å². The topological polar surface area (TPSA) is 59.8 Å². The van der Waals surface area contributed by atoms with Crippen LogP contribution >= 0.6 is 0 Å². The normalized spacial score (nSPS) is 27.7. The maximum Gasteiger partial charge on any atom is 0.141 e. The summed E-state index contributed by atoms with van der Waals surface area (Å²) in [6, 6.07) is 8.33. The molecule has 28 heavy (non-hydrogen) atoms. The van der Waals surface area contributed by atoms with Gasteiger partial charge in [-0.2, -0.15) is 0 Å². The SMILES string of the molecule is COCCOc1ccc(CN2C[C@@H]3CCC[C@@H](C2)C3(O)c2nccn2C)cc1. The Hall–Kier alpha value is -1.89. The van der Waals surface area contributed by atoms with E-state index >= 15 is 0 Å². The molecule has 2 heterocycles. The van der Waals surface area contributed by atoms with Gasteiger partial charge in [0.05, 0.1) is 6.61 Å². The first-order valence-corrected chi connectivity index (χ1v) is 10.2. The first-order chi connectivity index (χ1) is 13.6. The van der Waals surface area contributed by atoms with Crippen molar-refractivity contribution < 1.29 is 14.6 Å². The lowest BCUT2D eigenvalue weighted by Crippen LogP contribution is -2.58. The smallest absolute Gasteiger partial charge is 0.141 e. The highest BCUT2D eigenvalue weighted by molar-refractivity contribution is 5.27. The van der Waals surface area contributed by atoms with Crippen molar-refractivity contribution in [3.8, 4) is 5.75 Å². The molecular weight excluding hydrogens is 354 g/mol. The average molecular weight is 386 g/mol. The van der Waals surface area contributed by atoms with Crippen LogP contribution in [0.5, 0.6) is 5.75 Å². The molecule has 2 atom stereocenters. The van der Waals surface area contributed by atoms with Crippen LogP contribution in [0.1, 0.15) is 30.7 Å². The summed E-state index contributed by atoms with van der Waals surface area (Å²) in [4.78, 5) is 7.01. The van der Waals surface area contributed by atoms with Crippen LogP contribution in [0.25, 0.3) is 0 Å². The van der Waals surface area contributed by atoms with E-state index < -0.39 is 5.60 Å². The molecule has 0 radical (unpaired) electrons. The third-order valence-electron chi connectivity index (χ3n) is 6.37. The maximum absolute atomic E-state index is 11.7. The summed E-state index contributed by atoms with van der Waals surface area (Å²) in [5.41, 5.74) is 0.478. The zero-order valence-corrected chi connectivity index (χ0v) is 16.9. The molecule has 2 aliphatic rings. The molecule has 1 saturated heterocycles. The number of hydrogen-bond acceptors (Lipinski definition) is 5. The van der Waals surface area contributed by atoms with Crippen LogP contribution in [0.4, 0.5) is 0 Å². The fraction of sp³-hybridized carbons (Fsp3) is 0.591. The summed E-state index contributed by atoms with van der Waals surface area (Å²) >= 11 is 0. The Morgan fingerprint density at radius 3 is 2.46 bits per heavy atom. The second-order valence-corrected chi connectivity index (χ2v) is 8.19. The number of nitrogens with zero attached hydrogens (tertiary/aromatic N) is 3. The molecule has 1 saturated carbocycles. The first-order valence-electron chi connectivity index (χ1n) is 10.2. The molecule has 6 nitrogen and oxygen atoms in total. The van der Waals surface area contributed by atoms with Gasteiger partial charge in [-0.3, -0.25) is 4.90 Å². The first kappa shape index (κ1) is 19.4. The summed E-state index contributed by atoms with van der Waals surface area (Å²) in [6.07, 6.45) is 7.05. The standard InChI is InChI=1S/C22H31N3O3/c1-24-11-10-23-21(24)22(26)18-4-3-5-19(22)16-25(15-18)14-17-6-8-20(9-7-17)28-13-12-27-2/h6-11,18-19,26H,3-5,12-16H2,1-2H3/t18-,19-/m0/s1. The fourth-order valence-corrected chi connectivity index (χ4v) is 4.98. The highest BCUT2D eigenvalue weighted by Crippen LogP contribution is 2.48. The summed E-state index contributed by atoms with van der Waals surface area (Å²) in [6.45, 7) is 3.88. The molecule has 1 N–H and O–H groups in total. The molecule has 2 fully saturated rings. The Morgan fingerprint density at radius 1 is 1.14 bits per heavy atom. The summed E-state index contributed by atoms with van der Waals surface area (Å²) in [7, 11) is 3.66. The van der Waals surface area contributed by atoms with Crippen molar-refractivity contribution in [3.63, 3.8) is 0 Å². The molecule has 152 valence electrons. The second kappa shape index (κ2) is 8.23. The molecule has 2 aromatic rings. The Labute approximate surface area is 167 Å². The molecule has 0 unspecified atom stereocenters. The van der Waals surface area contributed by atoms with Crippen LogP contribution in [0.3, 0.4) is 0 Å². The van der Waals surface area contributed by atoms with E-state index in [9.17, 15) is 5.11 Å². The van der Waals surface area contributed by atoms with Crippen LogP contribution in [0, 0.1) is 11.8 Å². The number of aliphatic hydroxyl groups is 1. The van der Waals surface area contributed by atoms with Gasteiger partial charge >= 0.3 is 0 Å². The predicted octanol–water partition coefficient (Wildman–Crippen LogP) is 2.57. The molecule has 6 heteroatoms. The van der Waals surface area contributed by atoms with E-state index in [2.05, 4.69) is 22.0 Å². The molecule has 4 rings (SSSR count). The van der Waals surface area contributed by atoms with Gasteiger partial charge in [0.15, 0.2) is 0 Å². The molecule has 1 aromatic heterocycles. The van der Waals surface area contributed by atoms with Crippen molar-refractivity contribution in [3.05, 3.63) is 48.0 Å². The second-order valence-electron chi connectivity index (χ2n) is 8.19. The molecule has 2 bridgehead atoms. The highest BCUT2D eigenvalue weighted by atomic mass is 16.5. The number of methoxy groups -OCH3 is 1. The third kappa shape index (κ3) is 3.69. The number of piperidine rings is 1. The lowest BCUT2D eigenvalue weighted by molar-refractivity contribution is -0.155. The summed E-state index contributed by atoms with van der Waals surface area (Å²) in [5, 5.41) is 11.7. The van der Waals surface area contributed by atoms with Crippen LogP contribution in [-0.4, -0.2) is 53.0 Å². The molecular formula is C22H31N3O3. The number of hydrogen-bond donors (Lipinski definition) is 1. The van der Waals surface area contributed by atoms with Crippen molar-refractivity contribution in [2.75, 3.05) is 33.4 Å². The maximum atomic E-state index is 11.7. The van der Waals surface area contributed by atoms with Crippen LogP contribution in [-0.2, 0) is 23.9 Å². The number of rotatable bonds is 7. The monoisotopic (exact) mass is 385 g/mol. The van der Waals surface area contributed by atoms with Gasteiger partial charge in [-0.05, 0) is 30.5 Å². The van der Waals surface area contributed by atoms with E-state index in [4.69, 9.17) is 9.47 Å². The number of benzene rings is 1. The number of likely N-dealkylation sites (tertiary alicyclic amines) is 1. The van der Waals surface area contributed by atoms with Gasteiger partial charge in [-0.15, -0.1) is 0 Å². The Bertz CT molecular complexity index is 760.